The van der Waals surface area contributed by atoms with Gasteiger partial charge in [0.15, 0.2) is 12.3 Å². The second kappa shape index (κ2) is 8.91. The van der Waals surface area contributed by atoms with E-state index in [0.717, 1.165) is 12.3 Å². The zero-order chi connectivity index (χ0) is 24.8. The van der Waals surface area contributed by atoms with Gasteiger partial charge in [0, 0.05) is 6.20 Å². The number of nitrogens with zero attached hydrogens (tertiary/aromatic N) is 2. The number of ether oxygens (including phenoxy) is 1. The van der Waals surface area contributed by atoms with Crippen molar-refractivity contribution in [3.05, 3.63) is 24.7 Å². The van der Waals surface area contributed by atoms with E-state index in [1.54, 1.807) is 0 Å². The predicted molar refractivity (Wildman–Crippen MR) is 96.1 cm³/mol. The smallest absolute Gasteiger partial charge is 0.384 e. The molecule has 0 amide bonds. The number of phosphoric ester groups is 1. The average molecular weight is 533 g/mol. The minimum Gasteiger partial charge on any atom is -0.384 e. The molecule has 2 aliphatic heterocycles. The van der Waals surface area contributed by atoms with Gasteiger partial charge in [0.1, 0.15) is 24.9 Å². The van der Waals surface area contributed by atoms with Crippen molar-refractivity contribution in [2.75, 3.05) is 13.3 Å². The number of aliphatic hydroxyl groups excluding tert-OH is 1. The van der Waals surface area contributed by atoms with Crippen molar-refractivity contribution >= 4 is 29.3 Å². The van der Waals surface area contributed by atoms with Gasteiger partial charge in [0.2, 0.25) is 5.67 Å². The first-order valence-corrected chi connectivity index (χ1v) is 12.4. The highest BCUT2D eigenvalue weighted by molar-refractivity contribution is 7.66. The normalized spacial score (nSPS) is 34.8. The molecule has 3 unspecified atom stereocenters. The molecule has 2 rings (SSSR count). The Kier molecular flexibility index (Phi) is 7.55. The average Bonchev–Trinajstić information content (AvgIpc) is 2.80. The number of halogens is 3. The van der Waals surface area contributed by atoms with Crippen LogP contribution in [0.2, 0.25) is 0 Å². The maximum Gasteiger partial charge on any atom is 0.490 e. The summed E-state index contributed by atoms with van der Waals surface area (Å²) in [5, 5.41) is 10.0. The second-order valence-electron chi connectivity index (χ2n) is 6.26. The number of aliphatic imine (C=N–C) groups is 1. The minimum atomic E-state index is -5.93. The van der Waals surface area contributed by atoms with Crippen molar-refractivity contribution in [2.24, 2.45) is 10.7 Å². The number of aliphatic hydroxyl groups is 1. The standard InChI is InChI=1S/C11H17F3N3O12P3/c1-6-16-7(15)2-3-17(6)9-10(13,4-12)8(18)11(14,27-9)5-26-31(22,23)29-32(24,25)28-30(19,20)21/h2-3,8-9,18H,1,4-5H2,(H2,15,16)(H,22,23)(H,24,25)(H2,19,20,21)/t8-,9-,10?,11-/m1/s1. The molecular formula is C11H17F3N3O12P3. The molecule has 0 aliphatic carbocycles. The maximum absolute atomic E-state index is 15.1. The molecule has 0 spiro atoms. The Hall–Kier alpha value is -1.13. The topological polar surface area (TPSA) is 231 Å². The third-order valence-electron chi connectivity index (χ3n) is 3.84. The number of alkyl halides is 3. The summed E-state index contributed by atoms with van der Waals surface area (Å²) in [6.45, 7) is -0.545. The molecule has 0 aromatic rings. The lowest BCUT2D eigenvalue weighted by Crippen LogP contribution is -2.53. The SMILES string of the molecule is C=C1N=C(N)C=CN1[C@@H]1O[C@](F)(COP(=O)(O)OP(=O)(O)OP(=O)(O)O)[C@H](O)C1(F)CF. The van der Waals surface area contributed by atoms with Crippen molar-refractivity contribution < 1.29 is 69.4 Å². The molecule has 0 aromatic carbocycles. The molecular weight excluding hydrogens is 516 g/mol. The molecule has 0 saturated carbocycles. The first-order chi connectivity index (χ1) is 14.3. The summed E-state index contributed by atoms with van der Waals surface area (Å²) < 4.78 is 92.9. The van der Waals surface area contributed by atoms with Crippen LogP contribution in [0.3, 0.4) is 0 Å². The van der Waals surface area contributed by atoms with Gasteiger partial charge < -0.3 is 40.1 Å². The van der Waals surface area contributed by atoms with Crippen LogP contribution in [0.4, 0.5) is 13.2 Å². The fourth-order valence-corrected chi connectivity index (χ4v) is 5.59. The first kappa shape index (κ1) is 27.1. The summed E-state index contributed by atoms with van der Waals surface area (Å²) >= 11 is 0. The molecule has 0 aromatic heterocycles. The van der Waals surface area contributed by atoms with Crippen LogP contribution in [0.1, 0.15) is 0 Å². The fourth-order valence-electron chi connectivity index (χ4n) is 2.55. The Balaban J connectivity index is 2.20. The molecule has 1 saturated heterocycles. The number of phosphoric acid groups is 3. The molecule has 32 heavy (non-hydrogen) atoms. The molecule has 184 valence electrons. The minimum absolute atomic E-state index is 0.103. The van der Waals surface area contributed by atoms with Crippen LogP contribution < -0.4 is 5.73 Å². The van der Waals surface area contributed by atoms with E-state index in [4.69, 9.17) is 25.2 Å². The first-order valence-electron chi connectivity index (χ1n) is 7.92. The lowest BCUT2D eigenvalue weighted by Gasteiger charge is -2.34. The lowest BCUT2D eigenvalue weighted by atomic mass is 9.96. The Morgan fingerprint density at radius 2 is 1.81 bits per heavy atom. The number of nitrogens with two attached hydrogens (primary N) is 1. The summed E-state index contributed by atoms with van der Waals surface area (Å²) in [4.78, 5) is 39.6. The second-order valence-corrected chi connectivity index (χ2v) is 10.7. The Labute approximate surface area is 177 Å². The Morgan fingerprint density at radius 3 is 2.31 bits per heavy atom. The van der Waals surface area contributed by atoms with Gasteiger partial charge in [-0.25, -0.2) is 31.9 Å². The van der Waals surface area contributed by atoms with E-state index in [2.05, 4.69) is 24.7 Å². The van der Waals surface area contributed by atoms with Crippen LogP contribution in [0.15, 0.2) is 29.7 Å². The summed E-state index contributed by atoms with van der Waals surface area (Å²) in [7, 11) is -17.5. The Bertz CT molecular complexity index is 976. The van der Waals surface area contributed by atoms with Gasteiger partial charge in [0.05, 0.1) is 0 Å². The molecule has 6 atom stereocenters. The molecule has 21 heteroatoms. The van der Waals surface area contributed by atoms with Crippen LogP contribution >= 0.6 is 23.5 Å². The molecule has 0 radical (unpaired) electrons. The molecule has 2 aliphatic rings. The quantitative estimate of drug-likeness (QED) is 0.215. The van der Waals surface area contributed by atoms with Gasteiger partial charge in [0.25, 0.3) is 5.85 Å². The van der Waals surface area contributed by atoms with Crippen molar-refractivity contribution in [3.8, 4) is 0 Å². The largest absolute Gasteiger partial charge is 0.490 e. The zero-order valence-corrected chi connectivity index (χ0v) is 18.2. The summed E-state index contributed by atoms with van der Waals surface area (Å²) in [6.07, 6.45) is -3.23. The molecule has 15 nitrogen and oxygen atoms in total. The van der Waals surface area contributed by atoms with Crippen molar-refractivity contribution in [2.45, 2.75) is 23.9 Å². The number of amidine groups is 1. The molecule has 0 bridgehead atoms. The van der Waals surface area contributed by atoms with Crippen LogP contribution in [-0.2, 0) is 31.6 Å². The highest BCUT2D eigenvalue weighted by Crippen LogP contribution is 2.66. The zero-order valence-electron chi connectivity index (χ0n) is 15.5. The number of hydrogen-bond acceptors (Lipinski definition) is 11. The highest BCUT2D eigenvalue weighted by Gasteiger charge is 2.68. The van der Waals surface area contributed by atoms with Gasteiger partial charge in [-0.1, -0.05) is 6.58 Å². The third kappa shape index (κ3) is 6.05. The van der Waals surface area contributed by atoms with Gasteiger partial charge in [-0.05, 0) is 6.08 Å². The van der Waals surface area contributed by atoms with Crippen molar-refractivity contribution in [3.63, 3.8) is 0 Å². The molecule has 1 fully saturated rings. The number of rotatable bonds is 9. The third-order valence-corrected chi connectivity index (χ3v) is 7.62. The van der Waals surface area contributed by atoms with E-state index >= 15 is 8.78 Å². The Morgan fingerprint density at radius 1 is 1.22 bits per heavy atom. The molecule has 7 N–H and O–H groups in total. The van der Waals surface area contributed by atoms with E-state index in [-0.39, 0.29) is 11.7 Å². The van der Waals surface area contributed by atoms with Crippen LogP contribution in [0.25, 0.3) is 0 Å². The van der Waals surface area contributed by atoms with E-state index in [0.29, 0.717) is 4.90 Å². The van der Waals surface area contributed by atoms with Gasteiger partial charge in [-0.3, -0.25) is 4.52 Å². The van der Waals surface area contributed by atoms with Gasteiger partial charge in [-0.15, -0.1) is 0 Å². The lowest BCUT2D eigenvalue weighted by molar-refractivity contribution is -0.207. The fraction of sp³-hybridized carbons (Fsp3) is 0.545. The van der Waals surface area contributed by atoms with Crippen molar-refractivity contribution in [1.82, 2.24) is 4.90 Å². The summed E-state index contributed by atoms with van der Waals surface area (Å²) in [5.74, 6) is -4.21. The number of hydrogen-bond donors (Lipinski definition) is 6. The highest BCUT2D eigenvalue weighted by atomic mass is 31.3. The maximum atomic E-state index is 15.1. The van der Waals surface area contributed by atoms with Crippen LogP contribution in [-0.4, -0.2) is 72.6 Å². The van der Waals surface area contributed by atoms with Crippen LogP contribution in [0, 0.1) is 0 Å². The van der Waals surface area contributed by atoms with E-state index in [1.807, 2.05) is 0 Å². The molecule has 2 heterocycles. The van der Waals surface area contributed by atoms with E-state index < -0.39 is 60.6 Å². The van der Waals surface area contributed by atoms with E-state index in [1.165, 1.54) is 0 Å². The van der Waals surface area contributed by atoms with Crippen molar-refractivity contribution in [1.29, 1.82) is 0 Å². The van der Waals surface area contributed by atoms with E-state index in [9.17, 15) is 28.1 Å². The summed E-state index contributed by atoms with van der Waals surface area (Å²) in [6, 6.07) is 0. The predicted octanol–water partition coefficient (Wildman–Crippen LogP) is 0.0482. The summed E-state index contributed by atoms with van der Waals surface area (Å²) in [5.41, 5.74) is 1.89. The van der Waals surface area contributed by atoms with Gasteiger partial charge >= 0.3 is 23.5 Å². The van der Waals surface area contributed by atoms with Gasteiger partial charge in [-0.2, -0.15) is 8.62 Å². The van der Waals surface area contributed by atoms with Crippen LogP contribution in [0.5, 0.6) is 0 Å². The monoisotopic (exact) mass is 533 g/mol.